The van der Waals surface area contributed by atoms with Crippen molar-refractivity contribution < 1.29 is 33.7 Å². The van der Waals surface area contributed by atoms with Gasteiger partial charge in [0.05, 0.1) is 13.2 Å². The van der Waals surface area contributed by atoms with Crippen LogP contribution in [0.25, 0.3) is 0 Å². The number of aliphatic carboxylic acids is 1. The van der Waals surface area contributed by atoms with E-state index in [-0.39, 0.29) is 26.4 Å². The van der Waals surface area contributed by atoms with Crippen LogP contribution in [0.15, 0.2) is 30.3 Å². The van der Waals surface area contributed by atoms with Crippen LogP contribution in [0.4, 0.5) is 9.59 Å². The molecule has 1 rings (SSSR count). The van der Waals surface area contributed by atoms with E-state index >= 15 is 0 Å². The molecule has 0 aliphatic rings. The van der Waals surface area contributed by atoms with E-state index < -0.39 is 29.8 Å². The van der Waals surface area contributed by atoms with Gasteiger partial charge < -0.3 is 29.5 Å². The largest absolute Gasteiger partial charge is 0.480 e. The first-order valence-electron chi connectivity index (χ1n) is 8.80. The number of carboxylic acid groups (broad SMARTS) is 1. The van der Waals surface area contributed by atoms with Crippen molar-refractivity contribution in [1.82, 2.24) is 10.2 Å². The van der Waals surface area contributed by atoms with Gasteiger partial charge in [-0.05, 0) is 26.3 Å². The molecular weight excluding hydrogens is 368 g/mol. The van der Waals surface area contributed by atoms with Gasteiger partial charge in [-0.2, -0.15) is 0 Å². The number of hydrogen-bond acceptors (Lipinski definition) is 6. The monoisotopic (exact) mass is 396 g/mol. The fourth-order valence-corrected chi connectivity index (χ4v) is 1.92. The van der Waals surface area contributed by atoms with Crippen molar-refractivity contribution in [3.05, 3.63) is 35.9 Å². The maximum absolute atomic E-state index is 11.8. The zero-order valence-corrected chi connectivity index (χ0v) is 16.6. The van der Waals surface area contributed by atoms with Gasteiger partial charge in [0, 0.05) is 13.6 Å². The highest BCUT2D eigenvalue weighted by Gasteiger charge is 2.22. The summed E-state index contributed by atoms with van der Waals surface area (Å²) in [5, 5.41) is 11.4. The Bertz CT molecular complexity index is 643. The molecule has 0 aliphatic carbocycles. The number of carbonyl (C=O) groups excluding carboxylic acids is 2. The smallest absolute Gasteiger partial charge is 0.410 e. The number of hydrogen-bond donors (Lipinski definition) is 2. The molecule has 0 saturated carbocycles. The first-order valence-corrected chi connectivity index (χ1v) is 8.80. The number of nitrogens with one attached hydrogen (secondary N) is 1. The first-order chi connectivity index (χ1) is 13.1. The van der Waals surface area contributed by atoms with Crippen molar-refractivity contribution >= 4 is 18.2 Å². The maximum Gasteiger partial charge on any atom is 0.410 e. The predicted octanol–water partition coefficient (Wildman–Crippen LogP) is 2.25. The first kappa shape index (κ1) is 23.2. The predicted molar refractivity (Wildman–Crippen MR) is 101 cm³/mol. The summed E-state index contributed by atoms with van der Waals surface area (Å²) in [6.07, 6.45) is -1.36. The van der Waals surface area contributed by atoms with Crippen molar-refractivity contribution in [2.24, 2.45) is 0 Å². The van der Waals surface area contributed by atoms with Crippen LogP contribution in [0, 0.1) is 0 Å². The van der Waals surface area contributed by atoms with Crippen molar-refractivity contribution in [1.29, 1.82) is 0 Å². The molecule has 0 heterocycles. The summed E-state index contributed by atoms with van der Waals surface area (Å²) in [6.45, 7) is 5.33. The minimum Gasteiger partial charge on any atom is -0.480 e. The zero-order valence-electron chi connectivity index (χ0n) is 16.6. The van der Waals surface area contributed by atoms with E-state index in [1.165, 1.54) is 4.90 Å². The van der Waals surface area contributed by atoms with Gasteiger partial charge in [0.15, 0.2) is 6.04 Å². The average Bonchev–Trinajstić information content (AvgIpc) is 2.61. The van der Waals surface area contributed by atoms with Gasteiger partial charge in [-0.3, -0.25) is 0 Å². The molecule has 0 aromatic heterocycles. The summed E-state index contributed by atoms with van der Waals surface area (Å²) in [4.78, 5) is 36.2. The van der Waals surface area contributed by atoms with Gasteiger partial charge in [0.1, 0.15) is 12.2 Å². The van der Waals surface area contributed by atoms with Gasteiger partial charge in [0.25, 0.3) is 0 Å². The Kier molecular flexibility index (Phi) is 9.23. The number of likely N-dealkylation sites (N-methyl/N-ethyl adjacent to an activating group) is 1. The van der Waals surface area contributed by atoms with Crippen LogP contribution in [0.3, 0.4) is 0 Å². The molecule has 156 valence electrons. The van der Waals surface area contributed by atoms with Crippen LogP contribution in [0.5, 0.6) is 0 Å². The van der Waals surface area contributed by atoms with E-state index in [2.05, 4.69) is 5.32 Å². The van der Waals surface area contributed by atoms with E-state index in [9.17, 15) is 19.5 Å². The topological polar surface area (TPSA) is 114 Å². The van der Waals surface area contributed by atoms with Gasteiger partial charge in [-0.25, -0.2) is 14.4 Å². The summed E-state index contributed by atoms with van der Waals surface area (Å²) in [7, 11) is 1.55. The highest BCUT2D eigenvalue weighted by atomic mass is 16.6. The lowest BCUT2D eigenvalue weighted by atomic mass is 10.2. The molecule has 0 aliphatic heterocycles. The molecule has 2 N–H and O–H groups in total. The van der Waals surface area contributed by atoms with Crippen LogP contribution < -0.4 is 5.32 Å². The third-order valence-corrected chi connectivity index (χ3v) is 3.36. The van der Waals surface area contributed by atoms with Crippen LogP contribution in [0.2, 0.25) is 0 Å². The van der Waals surface area contributed by atoms with Crippen LogP contribution in [0.1, 0.15) is 26.3 Å². The Morgan fingerprint density at radius 3 is 2.39 bits per heavy atom. The van der Waals surface area contributed by atoms with E-state index in [0.717, 1.165) is 5.56 Å². The summed E-state index contributed by atoms with van der Waals surface area (Å²) in [5.74, 6) is -1.25. The van der Waals surface area contributed by atoms with E-state index in [1.54, 1.807) is 52.1 Å². The highest BCUT2D eigenvalue weighted by Crippen LogP contribution is 2.08. The molecule has 0 bridgehead atoms. The van der Waals surface area contributed by atoms with Gasteiger partial charge in [-0.1, -0.05) is 30.3 Å². The van der Waals surface area contributed by atoms with Crippen molar-refractivity contribution in [3.63, 3.8) is 0 Å². The van der Waals surface area contributed by atoms with Gasteiger partial charge >= 0.3 is 18.2 Å². The molecule has 9 heteroatoms. The normalized spacial score (nSPS) is 12.0. The molecule has 0 spiro atoms. The summed E-state index contributed by atoms with van der Waals surface area (Å²) in [5.41, 5.74) is 0.177. The summed E-state index contributed by atoms with van der Waals surface area (Å²) < 4.78 is 15.5. The quantitative estimate of drug-likeness (QED) is 0.615. The van der Waals surface area contributed by atoms with E-state index in [1.807, 2.05) is 6.07 Å². The molecule has 9 nitrogen and oxygen atoms in total. The maximum atomic E-state index is 11.8. The Labute approximate surface area is 164 Å². The van der Waals surface area contributed by atoms with E-state index in [0.29, 0.717) is 0 Å². The lowest BCUT2D eigenvalue weighted by Gasteiger charge is -2.24. The van der Waals surface area contributed by atoms with Gasteiger partial charge in [-0.15, -0.1) is 0 Å². The van der Waals surface area contributed by atoms with E-state index in [4.69, 9.17) is 14.2 Å². The molecule has 0 fully saturated rings. The number of amides is 2. The average molecular weight is 396 g/mol. The lowest BCUT2D eigenvalue weighted by molar-refractivity contribution is -0.141. The number of benzene rings is 1. The Morgan fingerprint density at radius 2 is 1.82 bits per heavy atom. The fourth-order valence-electron chi connectivity index (χ4n) is 1.92. The SMILES string of the molecule is CN(CCOCC(NC(=O)OCc1ccccc1)C(=O)O)C(=O)OC(C)(C)C. The summed E-state index contributed by atoms with van der Waals surface area (Å²) in [6, 6.07) is 7.74. The second kappa shape index (κ2) is 11.1. The number of nitrogens with zero attached hydrogens (tertiary/aromatic N) is 1. The number of ether oxygens (including phenoxy) is 3. The molecule has 28 heavy (non-hydrogen) atoms. The Balaban J connectivity index is 2.33. The lowest BCUT2D eigenvalue weighted by Crippen LogP contribution is -2.44. The number of carbonyl (C=O) groups is 3. The molecule has 1 aromatic rings. The standard InChI is InChI=1S/C19H28N2O7/c1-19(2,3)28-18(25)21(4)10-11-26-13-15(16(22)23)20-17(24)27-12-14-8-6-5-7-9-14/h5-9,15H,10-13H2,1-4H3,(H,20,24)(H,22,23). The van der Waals surface area contributed by atoms with Gasteiger partial charge in [0.2, 0.25) is 0 Å². The molecule has 0 radical (unpaired) electrons. The minimum atomic E-state index is -1.27. The second-order valence-electron chi connectivity index (χ2n) is 7.07. The second-order valence-corrected chi connectivity index (χ2v) is 7.07. The Morgan fingerprint density at radius 1 is 1.18 bits per heavy atom. The van der Waals surface area contributed by atoms with Crippen LogP contribution >= 0.6 is 0 Å². The molecule has 2 amide bonds. The molecule has 0 saturated heterocycles. The molecule has 1 atom stereocenters. The van der Waals surface area contributed by atoms with Crippen molar-refractivity contribution in [2.75, 3.05) is 26.8 Å². The molecule has 1 aromatic carbocycles. The van der Waals surface area contributed by atoms with Crippen LogP contribution in [-0.2, 0) is 25.6 Å². The zero-order chi connectivity index (χ0) is 21.2. The Hall–Kier alpha value is -2.81. The summed E-state index contributed by atoms with van der Waals surface area (Å²) >= 11 is 0. The minimum absolute atomic E-state index is 0.0283. The van der Waals surface area contributed by atoms with Crippen LogP contribution in [-0.4, -0.2) is 66.6 Å². The molecular formula is C19H28N2O7. The fraction of sp³-hybridized carbons (Fsp3) is 0.526. The van der Waals surface area contributed by atoms with Crippen molar-refractivity contribution in [3.8, 4) is 0 Å². The van der Waals surface area contributed by atoms with Crippen molar-refractivity contribution in [2.45, 2.75) is 39.0 Å². The highest BCUT2D eigenvalue weighted by molar-refractivity contribution is 5.80. The molecule has 1 unspecified atom stereocenters. The third kappa shape index (κ3) is 9.77. The number of rotatable bonds is 9. The number of carboxylic acids is 1. The third-order valence-electron chi connectivity index (χ3n) is 3.36. The number of alkyl carbamates (subject to hydrolysis) is 1.